The van der Waals surface area contributed by atoms with Crippen molar-refractivity contribution in [1.82, 2.24) is 4.90 Å². The Kier molecular flexibility index (Phi) is 4.90. The minimum atomic E-state index is -0.740. The number of non-ortho nitro benzene ring substituents is 1. The second-order valence-corrected chi connectivity index (χ2v) is 6.51. The van der Waals surface area contributed by atoms with Crippen molar-refractivity contribution in [3.8, 4) is 5.75 Å². The minimum Gasteiger partial charge on any atom is -0.491 e. The van der Waals surface area contributed by atoms with E-state index < -0.39 is 10.6 Å². The molecule has 7 nitrogen and oxygen atoms in total. The van der Waals surface area contributed by atoms with Crippen molar-refractivity contribution in [1.29, 1.82) is 0 Å². The first-order valence-corrected chi connectivity index (χ1v) is 8.28. The van der Waals surface area contributed by atoms with Gasteiger partial charge in [-0.05, 0) is 38.1 Å². The molecule has 26 heavy (non-hydrogen) atoms. The molecule has 1 heterocycles. The first-order chi connectivity index (χ1) is 12.4. The molecule has 1 saturated heterocycles. The molecule has 0 spiro atoms. The summed E-state index contributed by atoms with van der Waals surface area (Å²) in [6.07, 6.45) is 0. The summed E-state index contributed by atoms with van der Waals surface area (Å²) >= 11 is 0. The zero-order valence-corrected chi connectivity index (χ0v) is 14.6. The van der Waals surface area contributed by atoms with Gasteiger partial charge in [-0.1, -0.05) is 18.2 Å². The van der Waals surface area contributed by atoms with Gasteiger partial charge in [0.15, 0.2) is 0 Å². The normalized spacial score (nSPS) is 18.5. The van der Waals surface area contributed by atoms with Gasteiger partial charge in [-0.15, -0.1) is 0 Å². The van der Waals surface area contributed by atoms with Gasteiger partial charge in [-0.3, -0.25) is 14.9 Å². The molecule has 1 aliphatic heterocycles. The molecular formula is C19H20N2O5. The summed E-state index contributed by atoms with van der Waals surface area (Å²) in [5, 5.41) is 10.7. The zero-order valence-electron chi connectivity index (χ0n) is 14.6. The van der Waals surface area contributed by atoms with Gasteiger partial charge in [0, 0.05) is 17.7 Å². The van der Waals surface area contributed by atoms with E-state index in [9.17, 15) is 14.9 Å². The molecule has 7 heteroatoms. The van der Waals surface area contributed by atoms with Crippen LogP contribution in [0.25, 0.3) is 0 Å². The molecule has 0 N–H and O–H groups in total. The van der Waals surface area contributed by atoms with Gasteiger partial charge < -0.3 is 14.4 Å². The lowest BCUT2D eigenvalue weighted by Gasteiger charge is -2.33. The largest absolute Gasteiger partial charge is 0.491 e. The second-order valence-electron chi connectivity index (χ2n) is 6.51. The Bertz CT molecular complexity index is 789. The van der Waals surface area contributed by atoms with Crippen LogP contribution in [0.4, 0.5) is 5.69 Å². The lowest BCUT2D eigenvalue weighted by Crippen LogP contribution is -2.49. The van der Waals surface area contributed by atoms with Gasteiger partial charge in [-0.2, -0.15) is 0 Å². The van der Waals surface area contributed by atoms with Crippen LogP contribution in [0.5, 0.6) is 5.75 Å². The average Bonchev–Trinajstić information content (AvgIpc) is 2.94. The van der Waals surface area contributed by atoms with E-state index in [0.717, 1.165) is 0 Å². The SMILES string of the molecule is CC1(C)OC[C@H](COc2ccc([N+](=O)[O-])cc2)N1C(=O)c1ccccc1. The Morgan fingerprint density at radius 3 is 2.50 bits per heavy atom. The van der Waals surface area contributed by atoms with Crippen LogP contribution < -0.4 is 4.74 Å². The van der Waals surface area contributed by atoms with E-state index >= 15 is 0 Å². The van der Waals surface area contributed by atoms with Gasteiger partial charge >= 0.3 is 0 Å². The Morgan fingerprint density at radius 2 is 1.88 bits per heavy atom. The Labute approximate surface area is 151 Å². The molecule has 0 aliphatic carbocycles. The number of carbonyl (C=O) groups excluding carboxylic acids is 1. The Hall–Kier alpha value is -2.93. The van der Waals surface area contributed by atoms with E-state index in [2.05, 4.69) is 0 Å². The van der Waals surface area contributed by atoms with Crippen LogP contribution in [0.3, 0.4) is 0 Å². The summed E-state index contributed by atoms with van der Waals surface area (Å²) < 4.78 is 11.5. The number of nitro groups is 1. The highest BCUT2D eigenvalue weighted by molar-refractivity contribution is 5.95. The third-order valence-electron chi connectivity index (χ3n) is 4.30. The van der Waals surface area contributed by atoms with Gasteiger partial charge in [0.25, 0.3) is 11.6 Å². The van der Waals surface area contributed by atoms with E-state index in [1.807, 2.05) is 32.0 Å². The number of nitro benzene ring substituents is 1. The number of hydrogen-bond donors (Lipinski definition) is 0. The van der Waals surface area contributed by atoms with E-state index in [1.54, 1.807) is 29.2 Å². The quantitative estimate of drug-likeness (QED) is 0.607. The monoisotopic (exact) mass is 356 g/mol. The number of hydrogen-bond acceptors (Lipinski definition) is 5. The maximum atomic E-state index is 12.9. The van der Waals surface area contributed by atoms with Crippen LogP contribution in [-0.4, -0.2) is 40.7 Å². The second kappa shape index (κ2) is 7.13. The molecular weight excluding hydrogens is 336 g/mol. The van der Waals surface area contributed by atoms with Gasteiger partial charge in [0.2, 0.25) is 0 Å². The molecule has 0 bridgehead atoms. The number of amides is 1. The van der Waals surface area contributed by atoms with Crippen molar-refractivity contribution in [2.75, 3.05) is 13.2 Å². The molecule has 0 radical (unpaired) electrons. The third kappa shape index (κ3) is 3.67. The molecule has 1 fully saturated rings. The van der Waals surface area contributed by atoms with Gasteiger partial charge in [-0.25, -0.2) is 0 Å². The molecule has 1 amide bonds. The number of ether oxygens (including phenoxy) is 2. The van der Waals surface area contributed by atoms with Crippen molar-refractivity contribution in [2.45, 2.75) is 25.6 Å². The molecule has 0 unspecified atom stereocenters. The van der Waals surface area contributed by atoms with Gasteiger partial charge in [0.1, 0.15) is 18.1 Å². The van der Waals surface area contributed by atoms with Crippen molar-refractivity contribution >= 4 is 11.6 Å². The van der Waals surface area contributed by atoms with E-state index in [0.29, 0.717) is 17.9 Å². The third-order valence-corrected chi connectivity index (χ3v) is 4.30. The standard InChI is InChI=1S/C19H20N2O5/c1-19(2)20(18(22)14-6-4-3-5-7-14)16(13-26-19)12-25-17-10-8-15(9-11-17)21(23)24/h3-11,16H,12-13H2,1-2H3/t16-/m0/s1. The predicted molar refractivity (Wildman–Crippen MR) is 95.0 cm³/mol. The lowest BCUT2D eigenvalue weighted by molar-refractivity contribution is -0.384. The summed E-state index contributed by atoms with van der Waals surface area (Å²) in [7, 11) is 0. The number of rotatable bonds is 5. The summed E-state index contributed by atoms with van der Waals surface area (Å²) in [4.78, 5) is 24.9. The number of carbonyl (C=O) groups is 1. The smallest absolute Gasteiger partial charge is 0.269 e. The molecule has 2 aromatic carbocycles. The van der Waals surface area contributed by atoms with Crippen molar-refractivity contribution in [2.24, 2.45) is 0 Å². The fourth-order valence-electron chi connectivity index (χ4n) is 2.99. The fraction of sp³-hybridized carbons (Fsp3) is 0.316. The summed E-state index contributed by atoms with van der Waals surface area (Å²) in [6, 6.07) is 14.6. The van der Waals surface area contributed by atoms with Crippen molar-refractivity contribution in [3.05, 3.63) is 70.3 Å². The highest BCUT2D eigenvalue weighted by atomic mass is 16.6. The number of nitrogens with zero attached hydrogens (tertiary/aromatic N) is 2. The lowest BCUT2D eigenvalue weighted by atomic mass is 10.1. The van der Waals surface area contributed by atoms with Gasteiger partial charge in [0.05, 0.1) is 17.6 Å². The summed E-state index contributed by atoms with van der Waals surface area (Å²) in [6.45, 7) is 4.29. The van der Waals surface area contributed by atoms with Crippen LogP contribution in [0.2, 0.25) is 0 Å². The minimum absolute atomic E-state index is 0.00330. The molecule has 1 aliphatic rings. The van der Waals surface area contributed by atoms with E-state index in [4.69, 9.17) is 9.47 Å². The summed E-state index contributed by atoms with van der Waals surface area (Å²) in [5.41, 5.74) is -0.147. The number of benzene rings is 2. The Morgan fingerprint density at radius 1 is 1.23 bits per heavy atom. The maximum Gasteiger partial charge on any atom is 0.269 e. The maximum absolute atomic E-state index is 12.9. The topological polar surface area (TPSA) is 81.9 Å². The van der Waals surface area contributed by atoms with Crippen molar-refractivity contribution in [3.63, 3.8) is 0 Å². The molecule has 136 valence electrons. The van der Waals surface area contributed by atoms with E-state index in [1.165, 1.54) is 12.1 Å². The highest BCUT2D eigenvalue weighted by Crippen LogP contribution is 2.30. The van der Waals surface area contributed by atoms with Crippen LogP contribution in [0, 0.1) is 10.1 Å². The van der Waals surface area contributed by atoms with Crippen LogP contribution >= 0.6 is 0 Å². The fourth-order valence-corrected chi connectivity index (χ4v) is 2.99. The molecule has 0 saturated carbocycles. The van der Waals surface area contributed by atoms with E-state index in [-0.39, 0.29) is 24.2 Å². The molecule has 1 atom stereocenters. The average molecular weight is 356 g/mol. The van der Waals surface area contributed by atoms with Crippen LogP contribution in [-0.2, 0) is 4.74 Å². The first-order valence-electron chi connectivity index (χ1n) is 8.28. The summed E-state index contributed by atoms with van der Waals surface area (Å²) in [5.74, 6) is 0.387. The molecule has 0 aromatic heterocycles. The molecule has 3 rings (SSSR count). The van der Waals surface area contributed by atoms with Crippen LogP contribution in [0.15, 0.2) is 54.6 Å². The first kappa shape index (κ1) is 17.9. The Balaban J connectivity index is 1.72. The molecule has 2 aromatic rings. The highest BCUT2D eigenvalue weighted by Gasteiger charge is 2.44. The van der Waals surface area contributed by atoms with Crippen LogP contribution in [0.1, 0.15) is 24.2 Å². The predicted octanol–water partition coefficient (Wildman–Crippen LogP) is 3.25. The zero-order chi connectivity index (χ0) is 18.7. The van der Waals surface area contributed by atoms with Crippen molar-refractivity contribution < 1.29 is 19.2 Å².